The number of rotatable bonds is 2. The van der Waals surface area contributed by atoms with Crippen LogP contribution in [-0.2, 0) is 4.74 Å². The number of amides is 1. The number of ether oxygens (including phenoxy) is 1. The molecule has 1 atom stereocenters. The van der Waals surface area contributed by atoms with Crippen molar-refractivity contribution in [2.24, 2.45) is 0 Å². The van der Waals surface area contributed by atoms with Gasteiger partial charge in [-0.2, -0.15) is 0 Å². The van der Waals surface area contributed by atoms with E-state index >= 15 is 0 Å². The highest BCUT2D eigenvalue weighted by atomic mass is 19.1. The summed E-state index contributed by atoms with van der Waals surface area (Å²) in [6.45, 7) is 4.80. The van der Waals surface area contributed by atoms with Gasteiger partial charge in [-0.05, 0) is 25.0 Å². The third kappa shape index (κ3) is 3.24. The molecule has 2 heterocycles. The molecule has 2 fully saturated rings. The Morgan fingerprint density at radius 1 is 1.19 bits per heavy atom. The summed E-state index contributed by atoms with van der Waals surface area (Å²) in [6.07, 6.45) is 2.00. The van der Waals surface area contributed by atoms with Gasteiger partial charge in [0.25, 0.3) is 5.91 Å². The molecule has 1 aromatic carbocycles. The summed E-state index contributed by atoms with van der Waals surface area (Å²) in [5, 5.41) is 0. The van der Waals surface area contributed by atoms with Crippen LogP contribution >= 0.6 is 0 Å². The Morgan fingerprint density at radius 3 is 2.81 bits per heavy atom. The summed E-state index contributed by atoms with van der Waals surface area (Å²) in [6, 6.07) is 6.69. The monoisotopic (exact) mass is 292 g/mol. The van der Waals surface area contributed by atoms with Crippen LogP contribution in [0.2, 0.25) is 0 Å². The summed E-state index contributed by atoms with van der Waals surface area (Å²) in [5.41, 5.74) is 0.176. The lowest BCUT2D eigenvalue weighted by Crippen LogP contribution is -2.40. The maximum Gasteiger partial charge on any atom is 0.256 e. The van der Waals surface area contributed by atoms with Gasteiger partial charge in [0, 0.05) is 38.8 Å². The van der Waals surface area contributed by atoms with E-state index in [-0.39, 0.29) is 11.5 Å². The summed E-state index contributed by atoms with van der Waals surface area (Å²) >= 11 is 0. The Morgan fingerprint density at radius 2 is 2.05 bits per heavy atom. The molecule has 5 heteroatoms. The van der Waals surface area contributed by atoms with E-state index in [0.29, 0.717) is 19.1 Å². The lowest BCUT2D eigenvalue weighted by Gasteiger charge is -2.26. The molecule has 0 saturated carbocycles. The largest absolute Gasteiger partial charge is 0.380 e. The first-order valence-electron chi connectivity index (χ1n) is 7.61. The van der Waals surface area contributed by atoms with Crippen LogP contribution in [0.3, 0.4) is 0 Å². The van der Waals surface area contributed by atoms with Crippen LogP contribution in [0.15, 0.2) is 24.3 Å². The van der Waals surface area contributed by atoms with Crippen molar-refractivity contribution in [3.05, 3.63) is 35.6 Å². The second-order valence-corrected chi connectivity index (χ2v) is 5.68. The van der Waals surface area contributed by atoms with Gasteiger partial charge in [-0.25, -0.2) is 4.39 Å². The first-order valence-corrected chi connectivity index (χ1v) is 7.61. The lowest BCUT2D eigenvalue weighted by atomic mass is 10.2. The number of benzene rings is 1. The van der Waals surface area contributed by atoms with Crippen molar-refractivity contribution < 1.29 is 13.9 Å². The minimum absolute atomic E-state index is 0.176. The Hall–Kier alpha value is -1.46. The molecule has 0 spiro atoms. The molecule has 2 saturated heterocycles. The second kappa shape index (κ2) is 6.54. The number of nitrogens with zero attached hydrogens (tertiary/aromatic N) is 2. The minimum Gasteiger partial charge on any atom is -0.380 e. The molecule has 2 aliphatic rings. The van der Waals surface area contributed by atoms with E-state index in [1.165, 1.54) is 6.07 Å². The van der Waals surface area contributed by atoms with Crippen LogP contribution in [0.25, 0.3) is 0 Å². The fourth-order valence-corrected chi connectivity index (χ4v) is 3.12. The average molecular weight is 292 g/mol. The molecule has 1 amide bonds. The van der Waals surface area contributed by atoms with Crippen LogP contribution in [0.5, 0.6) is 0 Å². The first kappa shape index (κ1) is 14.5. The van der Waals surface area contributed by atoms with Crippen molar-refractivity contribution in [1.82, 2.24) is 9.80 Å². The van der Waals surface area contributed by atoms with Gasteiger partial charge in [-0.1, -0.05) is 12.1 Å². The predicted molar refractivity (Wildman–Crippen MR) is 77.7 cm³/mol. The maximum atomic E-state index is 13.7. The summed E-state index contributed by atoms with van der Waals surface area (Å²) in [5.74, 6) is -0.634. The zero-order valence-corrected chi connectivity index (χ0v) is 12.1. The molecule has 0 aromatic heterocycles. The summed E-state index contributed by atoms with van der Waals surface area (Å²) in [7, 11) is 0. The first-order chi connectivity index (χ1) is 10.3. The molecule has 114 valence electrons. The van der Waals surface area contributed by atoms with Crippen LogP contribution < -0.4 is 0 Å². The van der Waals surface area contributed by atoms with E-state index in [0.717, 1.165) is 39.1 Å². The fourth-order valence-electron chi connectivity index (χ4n) is 3.12. The molecule has 21 heavy (non-hydrogen) atoms. The van der Waals surface area contributed by atoms with E-state index in [4.69, 9.17) is 4.74 Å². The summed E-state index contributed by atoms with van der Waals surface area (Å²) < 4.78 is 19.2. The quantitative estimate of drug-likeness (QED) is 0.833. The molecule has 0 radical (unpaired) electrons. The molecule has 0 aliphatic carbocycles. The normalized spacial score (nSPS) is 24.0. The molecular formula is C16H21FN2O2. The topological polar surface area (TPSA) is 32.8 Å². The highest BCUT2D eigenvalue weighted by Crippen LogP contribution is 2.17. The van der Waals surface area contributed by atoms with Crippen LogP contribution in [-0.4, -0.2) is 61.1 Å². The standard InChI is InChI=1S/C16H21FN2O2/c17-15-5-2-1-4-14(15)16(20)19-8-3-7-18(9-10-19)13-6-11-21-12-13/h1-2,4-5,13H,3,6-12H2. The van der Waals surface area contributed by atoms with Gasteiger partial charge >= 0.3 is 0 Å². The Balaban J connectivity index is 1.64. The molecule has 1 aromatic rings. The van der Waals surface area contributed by atoms with E-state index in [9.17, 15) is 9.18 Å². The maximum absolute atomic E-state index is 13.7. The van der Waals surface area contributed by atoms with E-state index in [1.54, 1.807) is 23.1 Å². The minimum atomic E-state index is -0.437. The highest BCUT2D eigenvalue weighted by Gasteiger charge is 2.27. The molecule has 1 unspecified atom stereocenters. The molecule has 2 aliphatic heterocycles. The number of hydrogen-bond acceptors (Lipinski definition) is 3. The predicted octanol–water partition coefficient (Wildman–Crippen LogP) is 1.76. The van der Waals surface area contributed by atoms with Crippen LogP contribution in [0, 0.1) is 5.82 Å². The fraction of sp³-hybridized carbons (Fsp3) is 0.562. The van der Waals surface area contributed by atoms with Gasteiger partial charge in [0.05, 0.1) is 12.2 Å². The molecule has 4 nitrogen and oxygen atoms in total. The van der Waals surface area contributed by atoms with E-state index in [2.05, 4.69) is 4.90 Å². The van der Waals surface area contributed by atoms with Gasteiger partial charge in [-0.15, -0.1) is 0 Å². The van der Waals surface area contributed by atoms with E-state index in [1.807, 2.05) is 0 Å². The van der Waals surface area contributed by atoms with Crippen LogP contribution in [0.4, 0.5) is 4.39 Å². The van der Waals surface area contributed by atoms with Crippen molar-refractivity contribution in [1.29, 1.82) is 0 Å². The lowest BCUT2D eigenvalue weighted by molar-refractivity contribution is 0.0752. The second-order valence-electron chi connectivity index (χ2n) is 5.68. The summed E-state index contributed by atoms with van der Waals surface area (Å²) in [4.78, 5) is 16.6. The van der Waals surface area contributed by atoms with E-state index < -0.39 is 5.82 Å². The molecule has 0 N–H and O–H groups in total. The Labute approximate surface area is 124 Å². The third-order valence-electron chi connectivity index (χ3n) is 4.34. The van der Waals surface area contributed by atoms with Gasteiger partial charge in [-0.3, -0.25) is 9.69 Å². The number of carbonyl (C=O) groups excluding carboxylic acids is 1. The highest BCUT2D eigenvalue weighted by molar-refractivity contribution is 5.94. The Bertz CT molecular complexity index is 503. The van der Waals surface area contributed by atoms with Gasteiger partial charge in [0.1, 0.15) is 5.82 Å². The number of carbonyl (C=O) groups is 1. The van der Waals surface area contributed by atoms with Crippen molar-refractivity contribution in [3.63, 3.8) is 0 Å². The zero-order chi connectivity index (χ0) is 14.7. The van der Waals surface area contributed by atoms with Gasteiger partial charge in [0.2, 0.25) is 0 Å². The van der Waals surface area contributed by atoms with Crippen molar-refractivity contribution in [2.45, 2.75) is 18.9 Å². The van der Waals surface area contributed by atoms with Crippen molar-refractivity contribution in [3.8, 4) is 0 Å². The van der Waals surface area contributed by atoms with Gasteiger partial charge in [0.15, 0.2) is 0 Å². The average Bonchev–Trinajstić information content (AvgIpc) is 2.92. The third-order valence-corrected chi connectivity index (χ3v) is 4.34. The Kier molecular flexibility index (Phi) is 4.51. The molecule has 0 bridgehead atoms. The number of halogens is 1. The van der Waals surface area contributed by atoms with Crippen molar-refractivity contribution in [2.75, 3.05) is 39.4 Å². The zero-order valence-electron chi connectivity index (χ0n) is 12.1. The van der Waals surface area contributed by atoms with Crippen molar-refractivity contribution >= 4 is 5.91 Å². The smallest absolute Gasteiger partial charge is 0.256 e. The molecular weight excluding hydrogens is 271 g/mol. The SMILES string of the molecule is O=C(c1ccccc1F)N1CCCN(C2CCOC2)CC1. The van der Waals surface area contributed by atoms with Gasteiger partial charge < -0.3 is 9.64 Å². The van der Waals surface area contributed by atoms with Crippen LogP contribution in [0.1, 0.15) is 23.2 Å². The number of hydrogen-bond donors (Lipinski definition) is 0. The molecule has 3 rings (SSSR count).